The lowest BCUT2D eigenvalue weighted by Gasteiger charge is -2.01. The van der Waals surface area contributed by atoms with Crippen molar-refractivity contribution in [3.05, 3.63) is 41.9 Å². The van der Waals surface area contributed by atoms with Gasteiger partial charge in [0.2, 0.25) is 0 Å². The average Bonchev–Trinajstić information content (AvgIpc) is 2.87. The molecule has 2 rings (SSSR count). The second kappa shape index (κ2) is 4.79. The zero-order chi connectivity index (χ0) is 13.1. The molecule has 0 aromatic carbocycles. The van der Waals surface area contributed by atoms with Crippen LogP contribution in [0.3, 0.4) is 0 Å². The fraction of sp³-hybridized carbons (Fsp3) is 0.167. The fourth-order valence-corrected chi connectivity index (χ4v) is 1.43. The lowest BCUT2D eigenvalue weighted by molar-refractivity contribution is 0.0956. The van der Waals surface area contributed by atoms with Crippen molar-refractivity contribution >= 4 is 11.7 Å². The number of nitrogens with one attached hydrogen (secondary N) is 1. The van der Waals surface area contributed by atoms with Crippen LogP contribution in [0.4, 0.5) is 0 Å². The maximum absolute atomic E-state index is 11.3. The van der Waals surface area contributed by atoms with Crippen LogP contribution in [0.25, 0.3) is 5.82 Å². The molecule has 2 heterocycles. The number of ketones is 1. The van der Waals surface area contributed by atoms with Crippen LogP contribution in [0.5, 0.6) is 0 Å². The smallest absolute Gasteiger partial charge is 0.271 e. The van der Waals surface area contributed by atoms with Gasteiger partial charge in [-0.2, -0.15) is 5.10 Å². The van der Waals surface area contributed by atoms with Crippen molar-refractivity contribution in [2.45, 2.75) is 6.92 Å². The molecule has 92 valence electrons. The van der Waals surface area contributed by atoms with E-state index in [9.17, 15) is 9.59 Å². The fourth-order valence-electron chi connectivity index (χ4n) is 1.43. The highest BCUT2D eigenvalue weighted by molar-refractivity contribution is 5.93. The Morgan fingerprint density at radius 2 is 2.06 bits per heavy atom. The van der Waals surface area contributed by atoms with Gasteiger partial charge in [0.25, 0.3) is 5.91 Å². The van der Waals surface area contributed by atoms with E-state index in [4.69, 9.17) is 0 Å². The molecular weight excluding hydrogens is 232 g/mol. The molecule has 1 N–H and O–H groups in total. The largest absolute Gasteiger partial charge is 0.354 e. The first-order chi connectivity index (χ1) is 8.61. The lowest BCUT2D eigenvalue weighted by atomic mass is 10.2. The van der Waals surface area contributed by atoms with E-state index in [-0.39, 0.29) is 11.7 Å². The van der Waals surface area contributed by atoms with Gasteiger partial charge in [-0.05, 0) is 25.1 Å². The van der Waals surface area contributed by atoms with Crippen molar-refractivity contribution in [3.63, 3.8) is 0 Å². The van der Waals surface area contributed by atoms with Crippen LogP contribution >= 0.6 is 0 Å². The molecule has 0 bridgehead atoms. The minimum atomic E-state index is -0.255. The number of amides is 1. The third kappa shape index (κ3) is 2.27. The van der Waals surface area contributed by atoms with E-state index in [1.165, 1.54) is 17.8 Å². The Labute approximate surface area is 104 Å². The molecule has 6 nitrogen and oxygen atoms in total. The van der Waals surface area contributed by atoms with E-state index in [0.29, 0.717) is 17.1 Å². The van der Waals surface area contributed by atoms with Crippen LogP contribution in [-0.2, 0) is 0 Å². The molecule has 0 aliphatic rings. The zero-order valence-electron chi connectivity index (χ0n) is 10.0. The molecule has 18 heavy (non-hydrogen) atoms. The summed E-state index contributed by atoms with van der Waals surface area (Å²) in [7, 11) is 1.54. The minimum Gasteiger partial charge on any atom is -0.354 e. The van der Waals surface area contributed by atoms with E-state index in [1.807, 2.05) is 0 Å². The molecule has 0 saturated carbocycles. The maximum Gasteiger partial charge on any atom is 0.271 e. The summed E-state index contributed by atoms with van der Waals surface area (Å²) >= 11 is 0. The van der Waals surface area contributed by atoms with Crippen molar-refractivity contribution in [3.8, 4) is 5.82 Å². The summed E-state index contributed by atoms with van der Waals surface area (Å²) in [4.78, 5) is 26.6. The maximum atomic E-state index is 11.3. The molecule has 0 aliphatic heterocycles. The molecule has 0 atom stereocenters. The highest BCUT2D eigenvalue weighted by Crippen LogP contribution is 2.06. The van der Waals surface area contributed by atoms with E-state index < -0.39 is 0 Å². The summed E-state index contributed by atoms with van der Waals surface area (Å²) in [6.07, 6.45) is 3.12. The molecular formula is C12H12N4O2. The SMILES string of the molecule is CNC(=O)c1ccn(-c2ccc(C(C)=O)cn2)n1. The Kier molecular flexibility index (Phi) is 3.18. The number of carbonyl (C=O) groups is 2. The van der Waals surface area contributed by atoms with Crippen molar-refractivity contribution in [1.82, 2.24) is 20.1 Å². The molecule has 0 unspecified atom stereocenters. The van der Waals surface area contributed by atoms with E-state index in [0.717, 1.165) is 0 Å². The first kappa shape index (κ1) is 12.0. The van der Waals surface area contributed by atoms with Gasteiger partial charge in [-0.1, -0.05) is 0 Å². The van der Waals surface area contributed by atoms with Crippen LogP contribution in [0.15, 0.2) is 30.6 Å². The number of rotatable bonds is 3. The average molecular weight is 244 g/mol. The molecule has 0 aliphatic carbocycles. The molecule has 1 amide bonds. The number of hydrogen-bond acceptors (Lipinski definition) is 4. The van der Waals surface area contributed by atoms with E-state index in [1.54, 1.807) is 31.4 Å². The Balaban J connectivity index is 2.29. The molecule has 6 heteroatoms. The quantitative estimate of drug-likeness (QED) is 0.811. The van der Waals surface area contributed by atoms with Gasteiger partial charge in [0.1, 0.15) is 0 Å². The van der Waals surface area contributed by atoms with Crippen LogP contribution in [0.2, 0.25) is 0 Å². The Hall–Kier alpha value is -2.50. The van der Waals surface area contributed by atoms with Crippen molar-refractivity contribution in [2.75, 3.05) is 7.05 Å². The summed E-state index contributed by atoms with van der Waals surface area (Å²) in [5.74, 6) is 0.254. The Morgan fingerprint density at radius 3 is 2.61 bits per heavy atom. The summed E-state index contributed by atoms with van der Waals surface area (Å²) in [5, 5.41) is 6.57. The van der Waals surface area contributed by atoms with Gasteiger partial charge < -0.3 is 5.32 Å². The highest BCUT2D eigenvalue weighted by atomic mass is 16.1. The first-order valence-electron chi connectivity index (χ1n) is 5.37. The second-order valence-corrected chi connectivity index (χ2v) is 3.69. The Morgan fingerprint density at radius 1 is 1.28 bits per heavy atom. The van der Waals surface area contributed by atoms with Gasteiger partial charge in [0, 0.05) is 25.0 Å². The molecule has 0 radical (unpaired) electrons. The predicted octanol–water partition coefficient (Wildman–Crippen LogP) is 0.829. The first-order valence-corrected chi connectivity index (χ1v) is 5.37. The molecule has 0 fully saturated rings. The third-order valence-corrected chi connectivity index (χ3v) is 2.44. The molecule has 2 aromatic rings. The van der Waals surface area contributed by atoms with Gasteiger partial charge >= 0.3 is 0 Å². The number of carbonyl (C=O) groups excluding carboxylic acids is 2. The highest BCUT2D eigenvalue weighted by Gasteiger charge is 2.08. The zero-order valence-corrected chi connectivity index (χ0v) is 10.0. The monoisotopic (exact) mass is 244 g/mol. The number of pyridine rings is 1. The third-order valence-electron chi connectivity index (χ3n) is 2.44. The molecule has 2 aromatic heterocycles. The molecule has 0 saturated heterocycles. The Bertz CT molecular complexity index is 586. The van der Waals surface area contributed by atoms with Gasteiger partial charge in [-0.25, -0.2) is 9.67 Å². The van der Waals surface area contributed by atoms with Crippen LogP contribution in [0.1, 0.15) is 27.8 Å². The standard InChI is InChI=1S/C12H12N4O2/c1-8(17)9-3-4-11(14-7-9)16-6-5-10(15-16)12(18)13-2/h3-7H,1-2H3,(H,13,18). The van der Waals surface area contributed by atoms with E-state index in [2.05, 4.69) is 15.4 Å². The molecule has 0 spiro atoms. The summed E-state index contributed by atoms with van der Waals surface area (Å²) in [5.41, 5.74) is 0.854. The topological polar surface area (TPSA) is 76.9 Å². The van der Waals surface area contributed by atoms with Crippen molar-refractivity contribution in [2.24, 2.45) is 0 Å². The number of Topliss-reactive ketones (excluding diaryl/α,β-unsaturated/α-hetero) is 1. The summed E-state index contributed by atoms with van der Waals surface area (Å²) in [6, 6.07) is 4.95. The number of aromatic nitrogens is 3. The summed E-state index contributed by atoms with van der Waals surface area (Å²) < 4.78 is 1.48. The van der Waals surface area contributed by atoms with Crippen LogP contribution in [0, 0.1) is 0 Å². The van der Waals surface area contributed by atoms with Crippen molar-refractivity contribution < 1.29 is 9.59 Å². The van der Waals surface area contributed by atoms with Gasteiger partial charge in [0.15, 0.2) is 17.3 Å². The van der Waals surface area contributed by atoms with Crippen LogP contribution in [-0.4, -0.2) is 33.5 Å². The second-order valence-electron chi connectivity index (χ2n) is 3.69. The summed E-state index contributed by atoms with van der Waals surface area (Å²) in [6.45, 7) is 1.48. The number of hydrogen-bond donors (Lipinski definition) is 1. The van der Waals surface area contributed by atoms with Crippen molar-refractivity contribution in [1.29, 1.82) is 0 Å². The lowest BCUT2D eigenvalue weighted by Crippen LogP contribution is -2.18. The minimum absolute atomic E-state index is 0.0411. The number of nitrogens with zero attached hydrogens (tertiary/aromatic N) is 3. The van der Waals surface area contributed by atoms with Gasteiger partial charge in [-0.15, -0.1) is 0 Å². The van der Waals surface area contributed by atoms with Gasteiger partial charge in [0.05, 0.1) is 0 Å². The van der Waals surface area contributed by atoms with E-state index >= 15 is 0 Å². The van der Waals surface area contributed by atoms with Gasteiger partial charge in [-0.3, -0.25) is 9.59 Å². The predicted molar refractivity (Wildman–Crippen MR) is 64.8 cm³/mol. The normalized spacial score (nSPS) is 10.1. The van der Waals surface area contributed by atoms with Crippen LogP contribution < -0.4 is 5.32 Å².